The molecule has 1 aliphatic heterocycles. The molecule has 3 heterocycles. The molecule has 2 aromatic heterocycles. The van der Waals surface area contributed by atoms with E-state index >= 15 is 0 Å². The van der Waals surface area contributed by atoms with Gasteiger partial charge in [-0.3, -0.25) is 4.68 Å². The molecule has 4 aromatic carbocycles. The van der Waals surface area contributed by atoms with Gasteiger partial charge in [-0.1, -0.05) is 97.1 Å². The van der Waals surface area contributed by atoms with Crippen molar-refractivity contribution in [2.45, 2.75) is 12.0 Å². The summed E-state index contributed by atoms with van der Waals surface area (Å²) in [4.78, 5) is 26.2. The van der Waals surface area contributed by atoms with Gasteiger partial charge in [-0.05, 0) is 53.4 Å². The van der Waals surface area contributed by atoms with Crippen molar-refractivity contribution in [3.8, 4) is 11.1 Å². The van der Waals surface area contributed by atoms with E-state index in [0.717, 1.165) is 66.1 Å². The summed E-state index contributed by atoms with van der Waals surface area (Å²) in [5.74, 6) is 0.755. The Labute approximate surface area is 292 Å². The van der Waals surface area contributed by atoms with Crippen LogP contribution in [0.5, 0.6) is 0 Å². The van der Waals surface area contributed by atoms with Crippen LogP contribution < -0.4 is 9.80 Å². The molecule has 6 aromatic rings. The number of fused-ring (bicyclic) bond motifs is 1. The lowest BCUT2D eigenvalue weighted by atomic mass is 9.70. The molecule has 8 nitrogen and oxygen atoms in total. The first-order valence-corrected chi connectivity index (χ1v) is 17.1. The van der Waals surface area contributed by atoms with Crippen LogP contribution in [-0.4, -0.2) is 59.0 Å². The van der Waals surface area contributed by atoms with E-state index in [1.807, 2.05) is 24.4 Å². The average Bonchev–Trinajstić information content (AvgIpc) is 3.69. The number of carbonyl (C=O) groups is 1. The Hall–Kier alpha value is -6.02. The Bertz CT molecular complexity index is 2150. The lowest BCUT2D eigenvalue weighted by Gasteiger charge is -2.41. The molecule has 1 saturated heterocycles. The first-order valence-electron chi connectivity index (χ1n) is 17.1. The van der Waals surface area contributed by atoms with Crippen LogP contribution in [-0.2, 0) is 10.3 Å². The Balaban J connectivity index is 1.13. The predicted octanol–water partition coefficient (Wildman–Crippen LogP) is 7.53. The molecular weight excluding hydrogens is 621 g/mol. The van der Waals surface area contributed by atoms with Crippen molar-refractivity contribution < 1.29 is 9.53 Å². The van der Waals surface area contributed by atoms with E-state index in [-0.39, 0.29) is 11.9 Å². The van der Waals surface area contributed by atoms with E-state index in [1.54, 1.807) is 12.4 Å². The van der Waals surface area contributed by atoms with Crippen LogP contribution in [0, 0.1) is 5.92 Å². The van der Waals surface area contributed by atoms with Gasteiger partial charge < -0.3 is 14.5 Å². The monoisotopic (exact) mass is 658 g/mol. The topological polar surface area (TPSA) is 76.4 Å². The number of benzene rings is 4. The van der Waals surface area contributed by atoms with E-state index in [2.05, 4.69) is 129 Å². The molecule has 1 aliphatic carbocycles. The Morgan fingerprint density at radius 3 is 2.22 bits per heavy atom. The minimum atomic E-state index is -0.552. The number of piperazine rings is 1. The SMILES string of the molecule is COC(=O)c1cccc(N2CCN(c3ncnc4ccc(-c5cnn(C(c6ccccc6)(c6ccccc6)C6C=CC=CC6)c5)cc34)CC2)c1. The lowest BCUT2D eigenvalue weighted by molar-refractivity contribution is 0.0600. The number of esters is 1. The maximum Gasteiger partial charge on any atom is 0.337 e. The van der Waals surface area contributed by atoms with E-state index in [4.69, 9.17) is 14.8 Å². The average molecular weight is 659 g/mol. The van der Waals surface area contributed by atoms with Gasteiger partial charge in [-0.2, -0.15) is 5.10 Å². The van der Waals surface area contributed by atoms with Crippen LogP contribution in [0.2, 0.25) is 0 Å². The highest BCUT2D eigenvalue weighted by Gasteiger charge is 2.43. The quantitative estimate of drug-likeness (QED) is 0.157. The van der Waals surface area contributed by atoms with Gasteiger partial charge in [0.05, 0.1) is 24.4 Å². The van der Waals surface area contributed by atoms with Crippen molar-refractivity contribution in [1.82, 2.24) is 19.7 Å². The summed E-state index contributed by atoms with van der Waals surface area (Å²) in [5.41, 5.74) is 6.40. The number of carbonyl (C=O) groups excluding carboxylic acids is 1. The minimum absolute atomic E-state index is 0.156. The van der Waals surface area contributed by atoms with E-state index in [9.17, 15) is 4.79 Å². The smallest absolute Gasteiger partial charge is 0.337 e. The summed E-state index contributed by atoms with van der Waals surface area (Å²) in [5, 5.41) is 6.14. The fraction of sp³-hybridized carbons (Fsp3) is 0.190. The van der Waals surface area contributed by atoms with Crippen LogP contribution in [0.3, 0.4) is 0 Å². The van der Waals surface area contributed by atoms with Crippen LogP contribution >= 0.6 is 0 Å². The molecule has 1 atom stereocenters. The maximum absolute atomic E-state index is 12.1. The molecule has 0 radical (unpaired) electrons. The van der Waals surface area contributed by atoms with Crippen molar-refractivity contribution in [1.29, 1.82) is 0 Å². The minimum Gasteiger partial charge on any atom is -0.465 e. The van der Waals surface area contributed by atoms with Gasteiger partial charge in [-0.25, -0.2) is 14.8 Å². The highest BCUT2D eigenvalue weighted by molar-refractivity contribution is 5.93. The molecule has 1 unspecified atom stereocenters. The molecular formula is C42H38N6O2. The summed E-state index contributed by atoms with van der Waals surface area (Å²) < 4.78 is 7.10. The molecule has 2 aliphatic rings. The van der Waals surface area contributed by atoms with Crippen molar-refractivity contribution in [3.63, 3.8) is 0 Å². The molecule has 0 bridgehead atoms. The third-order valence-electron chi connectivity index (χ3n) is 10.0. The number of rotatable bonds is 8. The highest BCUT2D eigenvalue weighted by Crippen LogP contribution is 2.44. The number of hydrogen-bond donors (Lipinski definition) is 0. The van der Waals surface area contributed by atoms with Crippen LogP contribution in [0.25, 0.3) is 22.0 Å². The summed E-state index contributed by atoms with van der Waals surface area (Å²) in [6.45, 7) is 3.18. The second kappa shape index (κ2) is 13.5. The molecule has 0 saturated carbocycles. The van der Waals surface area contributed by atoms with Crippen LogP contribution in [0.4, 0.5) is 11.5 Å². The molecule has 248 valence electrons. The summed E-state index contributed by atoms with van der Waals surface area (Å²) in [6, 6.07) is 35.5. The van der Waals surface area contributed by atoms with Crippen molar-refractivity contribution in [2.24, 2.45) is 5.92 Å². The van der Waals surface area contributed by atoms with Crippen molar-refractivity contribution >= 4 is 28.4 Å². The Kier molecular flexibility index (Phi) is 8.42. The lowest BCUT2D eigenvalue weighted by Crippen LogP contribution is -2.47. The largest absolute Gasteiger partial charge is 0.465 e. The molecule has 0 spiro atoms. The molecule has 0 amide bonds. The standard InChI is InChI=1S/C42H38N6O2/c1-50-41(49)32-12-11-19-37(26-32)46-22-24-47(25-23-46)40-38-27-31(20-21-39(38)43-30-44-40)33-28-45-48(29-33)42(34-13-5-2-6-14-34,35-15-7-3-8-16-35)36-17-9-4-10-18-36/h2-17,19-21,26-30,36H,18,22-25H2,1H3. The number of ether oxygens (including phenoxy) is 1. The Morgan fingerprint density at radius 2 is 1.52 bits per heavy atom. The molecule has 0 N–H and O–H groups in total. The predicted molar refractivity (Wildman–Crippen MR) is 198 cm³/mol. The summed E-state index contributed by atoms with van der Waals surface area (Å²) in [7, 11) is 1.41. The van der Waals surface area contributed by atoms with Gasteiger partial charge in [0.15, 0.2) is 0 Å². The number of methoxy groups -OCH3 is 1. The zero-order chi connectivity index (χ0) is 33.9. The summed E-state index contributed by atoms with van der Waals surface area (Å²) >= 11 is 0. The van der Waals surface area contributed by atoms with E-state index < -0.39 is 5.54 Å². The first kappa shape index (κ1) is 31.3. The normalized spacial score (nSPS) is 16.1. The Morgan fingerprint density at radius 1 is 0.780 bits per heavy atom. The molecule has 50 heavy (non-hydrogen) atoms. The molecule has 1 fully saturated rings. The number of aromatic nitrogens is 4. The zero-order valence-corrected chi connectivity index (χ0v) is 28.0. The highest BCUT2D eigenvalue weighted by atomic mass is 16.5. The van der Waals surface area contributed by atoms with E-state index in [1.165, 1.54) is 18.2 Å². The summed E-state index contributed by atoms with van der Waals surface area (Å²) in [6.07, 6.45) is 15.6. The third kappa shape index (κ3) is 5.62. The van der Waals surface area contributed by atoms with Crippen LogP contribution in [0.1, 0.15) is 27.9 Å². The van der Waals surface area contributed by atoms with Gasteiger partial charge in [0.1, 0.15) is 17.7 Å². The van der Waals surface area contributed by atoms with Crippen molar-refractivity contribution in [3.05, 3.63) is 163 Å². The van der Waals surface area contributed by atoms with Crippen LogP contribution in [0.15, 0.2) is 146 Å². The molecule has 8 rings (SSSR count). The van der Waals surface area contributed by atoms with Gasteiger partial charge in [0.25, 0.3) is 0 Å². The maximum atomic E-state index is 12.1. The number of nitrogens with zero attached hydrogens (tertiary/aromatic N) is 6. The third-order valence-corrected chi connectivity index (χ3v) is 10.0. The number of allylic oxidation sites excluding steroid dienone is 4. The number of anilines is 2. The van der Waals surface area contributed by atoms with Crippen molar-refractivity contribution in [2.75, 3.05) is 43.1 Å². The number of hydrogen-bond acceptors (Lipinski definition) is 7. The first-order chi connectivity index (χ1) is 24.6. The van der Waals surface area contributed by atoms with Gasteiger partial charge in [0.2, 0.25) is 0 Å². The second-order valence-corrected chi connectivity index (χ2v) is 12.8. The van der Waals surface area contributed by atoms with Gasteiger partial charge in [0, 0.05) is 54.9 Å². The second-order valence-electron chi connectivity index (χ2n) is 12.8. The molecule has 8 heteroatoms. The van der Waals surface area contributed by atoms with Gasteiger partial charge in [-0.15, -0.1) is 0 Å². The van der Waals surface area contributed by atoms with E-state index in [0.29, 0.717) is 5.56 Å². The fourth-order valence-corrected chi connectivity index (χ4v) is 7.57. The van der Waals surface area contributed by atoms with Gasteiger partial charge >= 0.3 is 5.97 Å². The zero-order valence-electron chi connectivity index (χ0n) is 28.0. The fourth-order valence-electron chi connectivity index (χ4n) is 7.57.